The van der Waals surface area contributed by atoms with Crippen LogP contribution in [0.5, 0.6) is 0 Å². The Labute approximate surface area is 160 Å². The summed E-state index contributed by atoms with van der Waals surface area (Å²) in [6, 6.07) is 7.27. The normalized spacial score (nSPS) is 17.3. The van der Waals surface area contributed by atoms with Gasteiger partial charge in [-0.1, -0.05) is 6.92 Å². The zero-order valence-electron chi connectivity index (χ0n) is 15.1. The van der Waals surface area contributed by atoms with E-state index >= 15 is 0 Å². The van der Waals surface area contributed by atoms with Crippen molar-refractivity contribution < 1.29 is 9.59 Å². The number of rotatable bonds is 6. The first kappa shape index (κ1) is 21.8. The number of benzene rings is 1. The Morgan fingerprint density at radius 2 is 1.96 bits per heavy atom. The standard InChI is InChI=1S/C18H27N3O2S.ClH/c1-4-18(2,3)21-17(23)13-5-7-14(8-6-13)20-16(22)11-15-12-24-10-9-19-15;/h5-8,15,19H,4,9-12H2,1-3H3,(H,20,22)(H,21,23);1H. The summed E-state index contributed by atoms with van der Waals surface area (Å²) in [6.07, 6.45) is 1.33. The highest BCUT2D eigenvalue weighted by molar-refractivity contribution is 7.99. The van der Waals surface area contributed by atoms with Crippen LogP contribution in [0, 0.1) is 0 Å². The molecule has 3 N–H and O–H groups in total. The quantitative estimate of drug-likeness (QED) is 0.703. The van der Waals surface area contributed by atoms with Crippen LogP contribution in [0.3, 0.4) is 0 Å². The van der Waals surface area contributed by atoms with Gasteiger partial charge in [-0.2, -0.15) is 11.8 Å². The molecule has 1 aliphatic rings. The van der Waals surface area contributed by atoms with Gasteiger partial charge in [-0.05, 0) is 44.5 Å². The first-order chi connectivity index (χ1) is 11.4. The van der Waals surface area contributed by atoms with E-state index < -0.39 is 0 Å². The predicted octanol–water partition coefficient (Wildman–Crippen LogP) is 3.06. The molecule has 1 aromatic rings. The number of hydrogen-bond acceptors (Lipinski definition) is 4. The van der Waals surface area contributed by atoms with Crippen molar-refractivity contribution in [3.8, 4) is 0 Å². The van der Waals surface area contributed by atoms with Crippen molar-refractivity contribution in [3.63, 3.8) is 0 Å². The molecule has 0 bridgehead atoms. The van der Waals surface area contributed by atoms with Crippen LogP contribution in [0.4, 0.5) is 5.69 Å². The Hall–Kier alpha value is -1.24. The molecule has 25 heavy (non-hydrogen) atoms. The second-order valence-corrected chi connectivity index (χ2v) is 7.90. The summed E-state index contributed by atoms with van der Waals surface area (Å²) in [7, 11) is 0. The second-order valence-electron chi connectivity index (χ2n) is 6.75. The zero-order valence-corrected chi connectivity index (χ0v) is 16.7. The molecule has 0 spiro atoms. The molecule has 1 fully saturated rings. The van der Waals surface area contributed by atoms with E-state index in [2.05, 4.69) is 16.0 Å². The summed E-state index contributed by atoms with van der Waals surface area (Å²) in [5.41, 5.74) is 1.09. The van der Waals surface area contributed by atoms with Gasteiger partial charge in [0, 0.05) is 47.3 Å². The molecule has 1 aromatic carbocycles. The number of anilines is 1. The maximum atomic E-state index is 12.2. The third-order valence-corrected chi connectivity index (χ3v) is 5.33. The number of thioether (sulfide) groups is 1. The van der Waals surface area contributed by atoms with E-state index in [9.17, 15) is 9.59 Å². The lowest BCUT2D eigenvalue weighted by Crippen LogP contribution is -2.42. The van der Waals surface area contributed by atoms with Gasteiger partial charge >= 0.3 is 0 Å². The topological polar surface area (TPSA) is 70.2 Å². The Kier molecular flexibility index (Phi) is 8.76. The van der Waals surface area contributed by atoms with Gasteiger partial charge in [-0.25, -0.2) is 0 Å². The fourth-order valence-corrected chi connectivity index (χ4v) is 3.31. The van der Waals surface area contributed by atoms with Crippen molar-refractivity contribution in [2.75, 3.05) is 23.4 Å². The van der Waals surface area contributed by atoms with E-state index in [-0.39, 0.29) is 35.8 Å². The Morgan fingerprint density at radius 3 is 2.52 bits per heavy atom. The minimum Gasteiger partial charge on any atom is -0.347 e. The molecular weight excluding hydrogens is 358 g/mol. The van der Waals surface area contributed by atoms with Crippen LogP contribution in [-0.4, -0.2) is 41.4 Å². The maximum absolute atomic E-state index is 12.2. The van der Waals surface area contributed by atoms with Gasteiger partial charge in [0.2, 0.25) is 5.91 Å². The van der Waals surface area contributed by atoms with Crippen molar-refractivity contribution >= 4 is 41.7 Å². The largest absolute Gasteiger partial charge is 0.347 e. The zero-order chi connectivity index (χ0) is 17.6. The van der Waals surface area contributed by atoms with Crippen molar-refractivity contribution in [1.82, 2.24) is 10.6 Å². The van der Waals surface area contributed by atoms with Gasteiger partial charge in [-0.15, -0.1) is 12.4 Å². The van der Waals surface area contributed by atoms with Crippen LogP contribution in [0.2, 0.25) is 0 Å². The van der Waals surface area contributed by atoms with Crippen LogP contribution in [-0.2, 0) is 4.79 Å². The third-order valence-electron chi connectivity index (χ3n) is 4.20. The van der Waals surface area contributed by atoms with Gasteiger partial charge in [0.25, 0.3) is 5.91 Å². The summed E-state index contributed by atoms with van der Waals surface area (Å²) < 4.78 is 0. The molecule has 5 nitrogen and oxygen atoms in total. The molecule has 0 aromatic heterocycles. The molecular formula is C18H28ClN3O2S. The first-order valence-corrected chi connectivity index (χ1v) is 9.58. The highest BCUT2D eigenvalue weighted by Crippen LogP contribution is 2.14. The minimum absolute atomic E-state index is 0. The van der Waals surface area contributed by atoms with Gasteiger partial charge < -0.3 is 16.0 Å². The van der Waals surface area contributed by atoms with Crippen LogP contribution in [0.25, 0.3) is 0 Å². The van der Waals surface area contributed by atoms with E-state index in [1.165, 1.54) is 0 Å². The second kappa shape index (κ2) is 10.0. The summed E-state index contributed by atoms with van der Waals surface area (Å²) in [4.78, 5) is 24.3. The Bertz CT molecular complexity index is 572. The number of nitrogens with one attached hydrogen (secondary N) is 3. The van der Waals surface area contributed by atoms with E-state index in [0.717, 1.165) is 30.2 Å². The van der Waals surface area contributed by atoms with Gasteiger partial charge in [-0.3, -0.25) is 9.59 Å². The van der Waals surface area contributed by atoms with Crippen LogP contribution in [0.15, 0.2) is 24.3 Å². The molecule has 0 aliphatic carbocycles. The smallest absolute Gasteiger partial charge is 0.251 e. The lowest BCUT2D eigenvalue weighted by atomic mass is 10.0. The highest BCUT2D eigenvalue weighted by atomic mass is 35.5. The molecule has 1 unspecified atom stereocenters. The van der Waals surface area contributed by atoms with E-state index in [4.69, 9.17) is 0 Å². The first-order valence-electron chi connectivity index (χ1n) is 8.43. The number of hydrogen-bond donors (Lipinski definition) is 3. The van der Waals surface area contributed by atoms with Crippen molar-refractivity contribution in [2.24, 2.45) is 0 Å². The lowest BCUT2D eigenvalue weighted by molar-refractivity contribution is -0.116. The van der Waals surface area contributed by atoms with E-state index in [1.807, 2.05) is 32.5 Å². The minimum atomic E-state index is -0.227. The van der Waals surface area contributed by atoms with E-state index in [1.54, 1.807) is 24.3 Å². The summed E-state index contributed by atoms with van der Waals surface area (Å²) in [5.74, 6) is 1.98. The fraction of sp³-hybridized carbons (Fsp3) is 0.556. The molecule has 1 aliphatic heterocycles. The lowest BCUT2D eigenvalue weighted by Gasteiger charge is -2.24. The Morgan fingerprint density at radius 1 is 1.28 bits per heavy atom. The SMILES string of the molecule is CCC(C)(C)NC(=O)c1ccc(NC(=O)CC2CSCCN2)cc1.Cl. The average molecular weight is 386 g/mol. The fourth-order valence-electron chi connectivity index (χ4n) is 2.36. The maximum Gasteiger partial charge on any atom is 0.251 e. The Balaban J connectivity index is 0.00000312. The van der Waals surface area contributed by atoms with Crippen LogP contribution < -0.4 is 16.0 Å². The molecule has 2 amide bonds. The number of carbonyl (C=O) groups excluding carboxylic acids is 2. The third kappa shape index (κ3) is 7.26. The van der Waals surface area contributed by atoms with Gasteiger partial charge in [0.1, 0.15) is 0 Å². The van der Waals surface area contributed by atoms with Gasteiger partial charge in [0.05, 0.1) is 0 Å². The highest BCUT2D eigenvalue weighted by Gasteiger charge is 2.19. The van der Waals surface area contributed by atoms with Crippen molar-refractivity contribution in [1.29, 1.82) is 0 Å². The summed E-state index contributed by atoms with van der Waals surface area (Å²) in [6.45, 7) is 6.99. The molecule has 0 saturated carbocycles. The number of amides is 2. The summed E-state index contributed by atoms with van der Waals surface area (Å²) >= 11 is 1.88. The average Bonchev–Trinajstić information content (AvgIpc) is 2.56. The molecule has 1 heterocycles. The van der Waals surface area contributed by atoms with Crippen LogP contribution in [0.1, 0.15) is 44.0 Å². The molecule has 2 rings (SSSR count). The summed E-state index contributed by atoms with van der Waals surface area (Å²) in [5, 5.41) is 9.25. The van der Waals surface area contributed by atoms with Crippen molar-refractivity contribution in [3.05, 3.63) is 29.8 Å². The van der Waals surface area contributed by atoms with Gasteiger partial charge in [0.15, 0.2) is 0 Å². The number of halogens is 1. The molecule has 1 saturated heterocycles. The monoisotopic (exact) mass is 385 g/mol. The van der Waals surface area contributed by atoms with E-state index in [0.29, 0.717) is 12.0 Å². The molecule has 140 valence electrons. The molecule has 1 atom stereocenters. The predicted molar refractivity (Wildman–Crippen MR) is 108 cm³/mol. The number of carbonyl (C=O) groups is 2. The molecule has 0 radical (unpaired) electrons. The van der Waals surface area contributed by atoms with Crippen molar-refractivity contribution in [2.45, 2.75) is 45.2 Å². The molecule has 7 heteroatoms. The van der Waals surface area contributed by atoms with Crippen LogP contribution >= 0.6 is 24.2 Å².